The molecule has 2 N–H and O–H groups in total. The van der Waals surface area contributed by atoms with Gasteiger partial charge in [0.1, 0.15) is 11.9 Å². The number of amides is 2. The van der Waals surface area contributed by atoms with E-state index in [0.29, 0.717) is 47.6 Å². The summed E-state index contributed by atoms with van der Waals surface area (Å²) in [6.07, 6.45) is 3.34. The van der Waals surface area contributed by atoms with Crippen molar-refractivity contribution in [3.8, 4) is 11.3 Å². The van der Waals surface area contributed by atoms with Gasteiger partial charge in [0.15, 0.2) is 0 Å². The Bertz CT molecular complexity index is 1410. The minimum Gasteiger partial charge on any atom is -0.381 e. The summed E-state index contributed by atoms with van der Waals surface area (Å²) < 4.78 is 5.43. The molecule has 2 aliphatic rings. The average molecular weight is 564 g/mol. The van der Waals surface area contributed by atoms with Gasteiger partial charge in [0.2, 0.25) is 11.9 Å². The summed E-state index contributed by atoms with van der Waals surface area (Å²) >= 11 is 6.48. The van der Waals surface area contributed by atoms with Crippen LogP contribution in [0, 0.1) is 0 Å². The molecule has 1 saturated heterocycles. The minimum atomic E-state index is -0.666. The van der Waals surface area contributed by atoms with Crippen LogP contribution in [0.25, 0.3) is 11.3 Å². The summed E-state index contributed by atoms with van der Waals surface area (Å²) in [5.41, 5.74) is 3.41. The largest absolute Gasteiger partial charge is 0.381 e. The fraction of sp³-hybridized carbons (Fsp3) is 0.414. The maximum atomic E-state index is 13.5. The molecule has 0 aliphatic carbocycles. The van der Waals surface area contributed by atoms with E-state index in [9.17, 15) is 9.59 Å². The second-order valence-corrected chi connectivity index (χ2v) is 10.9. The predicted molar refractivity (Wildman–Crippen MR) is 154 cm³/mol. The first-order valence-electron chi connectivity index (χ1n) is 13.5. The topological polar surface area (TPSA) is 113 Å². The standard InChI is InChI=1S/C29H34ClN7O3/c1-17(24-6-5-7-25(34-24)36(3)4)32-27(38)18(2)37-16-20-9-8-19(14-22(20)28(37)39)26-23(30)15-31-29(35-26)33-21-10-12-40-13-11-21/h5-9,14-15,17-18,21H,10-13,16H2,1-4H3,(H,32,38)(H,31,33,35)/t17-,18-/m1/s1. The highest BCUT2D eigenvalue weighted by Gasteiger charge is 2.35. The molecule has 10 nitrogen and oxygen atoms in total. The van der Waals surface area contributed by atoms with Crippen LogP contribution < -0.4 is 15.5 Å². The van der Waals surface area contributed by atoms with Gasteiger partial charge in [-0.05, 0) is 50.5 Å². The Morgan fingerprint density at radius 1 is 1.15 bits per heavy atom. The SMILES string of the molecule is C[C@H](C(=O)N[C@H](C)c1cccc(N(C)C)n1)N1Cc2ccc(-c3nc(NC4CCOCC4)ncc3Cl)cc2C1=O. The molecule has 2 amide bonds. The van der Waals surface area contributed by atoms with E-state index in [1.807, 2.05) is 56.3 Å². The third-order valence-corrected chi connectivity index (χ3v) is 7.65. The van der Waals surface area contributed by atoms with Gasteiger partial charge >= 0.3 is 0 Å². The summed E-state index contributed by atoms with van der Waals surface area (Å²) in [7, 11) is 3.84. The Balaban J connectivity index is 1.29. The summed E-state index contributed by atoms with van der Waals surface area (Å²) in [4.78, 5) is 43.7. The van der Waals surface area contributed by atoms with Gasteiger partial charge in [-0.1, -0.05) is 29.8 Å². The van der Waals surface area contributed by atoms with E-state index in [1.165, 1.54) is 0 Å². The normalized spacial score (nSPS) is 16.8. The molecule has 1 fully saturated rings. The summed E-state index contributed by atoms with van der Waals surface area (Å²) in [6, 6.07) is 10.6. The molecule has 4 heterocycles. The lowest BCUT2D eigenvalue weighted by atomic mass is 10.0. The molecule has 40 heavy (non-hydrogen) atoms. The number of aromatic nitrogens is 3. The van der Waals surface area contributed by atoms with Gasteiger partial charge in [0, 0.05) is 51.0 Å². The van der Waals surface area contributed by atoms with Gasteiger partial charge in [-0.15, -0.1) is 0 Å². The first-order chi connectivity index (χ1) is 19.2. The lowest BCUT2D eigenvalue weighted by Crippen LogP contribution is -2.46. The number of ether oxygens (including phenoxy) is 1. The Labute approximate surface area is 239 Å². The number of nitrogens with one attached hydrogen (secondary N) is 2. The Hall–Kier alpha value is -3.76. The summed E-state index contributed by atoms with van der Waals surface area (Å²) in [5, 5.41) is 6.77. The molecule has 2 aliphatic heterocycles. The van der Waals surface area contributed by atoms with Crippen molar-refractivity contribution < 1.29 is 14.3 Å². The molecule has 1 aromatic carbocycles. The zero-order chi connectivity index (χ0) is 28.4. The third-order valence-electron chi connectivity index (χ3n) is 7.38. The maximum Gasteiger partial charge on any atom is 0.255 e. The number of pyridine rings is 1. The molecule has 0 bridgehead atoms. The van der Waals surface area contributed by atoms with Crippen LogP contribution in [0.15, 0.2) is 42.6 Å². The smallest absolute Gasteiger partial charge is 0.255 e. The number of anilines is 2. The third kappa shape index (κ3) is 5.88. The van der Waals surface area contributed by atoms with Gasteiger partial charge in [-0.25, -0.2) is 15.0 Å². The Morgan fingerprint density at radius 3 is 2.67 bits per heavy atom. The number of halogens is 1. The van der Waals surface area contributed by atoms with Gasteiger partial charge in [-0.3, -0.25) is 9.59 Å². The number of rotatable bonds is 8. The van der Waals surface area contributed by atoms with Crippen LogP contribution >= 0.6 is 11.6 Å². The summed E-state index contributed by atoms with van der Waals surface area (Å²) in [6.45, 7) is 5.39. The highest BCUT2D eigenvalue weighted by molar-refractivity contribution is 6.33. The Morgan fingerprint density at radius 2 is 1.93 bits per heavy atom. The lowest BCUT2D eigenvalue weighted by Gasteiger charge is -2.25. The molecule has 5 rings (SSSR count). The van der Waals surface area contributed by atoms with Crippen LogP contribution in [-0.2, 0) is 16.1 Å². The van der Waals surface area contributed by atoms with Crippen molar-refractivity contribution in [2.75, 3.05) is 37.5 Å². The van der Waals surface area contributed by atoms with Crippen LogP contribution in [0.2, 0.25) is 5.02 Å². The molecule has 210 valence electrons. The molecule has 0 radical (unpaired) electrons. The molecule has 3 aromatic rings. The van der Waals surface area contributed by atoms with Crippen LogP contribution in [0.3, 0.4) is 0 Å². The van der Waals surface area contributed by atoms with E-state index in [4.69, 9.17) is 16.3 Å². The van der Waals surface area contributed by atoms with E-state index in [1.54, 1.807) is 24.1 Å². The van der Waals surface area contributed by atoms with E-state index < -0.39 is 6.04 Å². The summed E-state index contributed by atoms with van der Waals surface area (Å²) in [5.74, 6) is 0.854. The maximum absolute atomic E-state index is 13.5. The number of nitrogens with zero attached hydrogens (tertiary/aromatic N) is 5. The number of carbonyl (C=O) groups is 2. The van der Waals surface area contributed by atoms with Crippen LogP contribution in [0.5, 0.6) is 0 Å². The molecular formula is C29H34ClN7O3. The Kier molecular flexibility index (Phi) is 8.18. The van der Waals surface area contributed by atoms with Crippen molar-refractivity contribution in [3.05, 3.63) is 64.4 Å². The first kappa shape index (κ1) is 27.8. The fourth-order valence-electron chi connectivity index (χ4n) is 4.93. The number of carbonyl (C=O) groups excluding carboxylic acids is 2. The van der Waals surface area contributed by atoms with Gasteiger partial charge in [0.25, 0.3) is 5.91 Å². The zero-order valence-electron chi connectivity index (χ0n) is 23.1. The van der Waals surface area contributed by atoms with Crippen LogP contribution in [0.4, 0.5) is 11.8 Å². The molecule has 0 unspecified atom stereocenters. The number of fused-ring (bicyclic) bond motifs is 1. The van der Waals surface area contributed by atoms with Crippen molar-refractivity contribution in [3.63, 3.8) is 0 Å². The van der Waals surface area contributed by atoms with Gasteiger partial charge < -0.3 is 25.2 Å². The van der Waals surface area contributed by atoms with E-state index in [0.717, 1.165) is 29.9 Å². The minimum absolute atomic E-state index is 0.203. The lowest BCUT2D eigenvalue weighted by molar-refractivity contribution is -0.125. The zero-order valence-corrected chi connectivity index (χ0v) is 23.9. The van der Waals surface area contributed by atoms with Crippen molar-refractivity contribution >= 4 is 35.2 Å². The van der Waals surface area contributed by atoms with Crippen molar-refractivity contribution in [2.45, 2.75) is 51.4 Å². The average Bonchev–Trinajstić information content (AvgIpc) is 3.29. The number of hydrogen-bond donors (Lipinski definition) is 2. The van der Waals surface area contributed by atoms with Crippen molar-refractivity contribution in [2.24, 2.45) is 0 Å². The van der Waals surface area contributed by atoms with Crippen LogP contribution in [-0.4, -0.2) is 71.1 Å². The number of hydrogen-bond acceptors (Lipinski definition) is 8. The van der Waals surface area contributed by atoms with E-state index >= 15 is 0 Å². The molecule has 0 saturated carbocycles. The molecule has 2 atom stereocenters. The molecule has 0 spiro atoms. The van der Waals surface area contributed by atoms with E-state index in [-0.39, 0.29) is 23.9 Å². The first-order valence-corrected chi connectivity index (χ1v) is 13.8. The molecule has 2 aromatic heterocycles. The highest BCUT2D eigenvalue weighted by atomic mass is 35.5. The van der Waals surface area contributed by atoms with Crippen molar-refractivity contribution in [1.82, 2.24) is 25.2 Å². The number of benzene rings is 1. The molecular weight excluding hydrogens is 530 g/mol. The van der Waals surface area contributed by atoms with Crippen LogP contribution in [0.1, 0.15) is 54.3 Å². The fourth-order valence-corrected chi connectivity index (χ4v) is 5.13. The van der Waals surface area contributed by atoms with E-state index in [2.05, 4.69) is 25.6 Å². The second kappa shape index (κ2) is 11.8. The highest BCUT2D eigenvalue weighted by Crippen LogP contribution is 2.32. The van der Waals surface area contributed by atoms with Gasteiger partial charge in [-0.2, -0.15) is 0 Å². The predicted octanol–water partition coefficient (Wildman–Crippen LogP) is 4.07. The monoisotopic (exact) mass is 563 g/mol. The van der Waals surface area contributed by atoms with Gasteiger partial charge in [0.05, 0.1) is 28.6 Å². The van der Waals surface area contributed by atoms with Crippen molar-refractivity contribution in [1.29, 1.82) is 0 Å². The molecule has 11 heteroatoms. The quantitative estimate of drug-likeness (QED) is 0.422. The second-order valence-electron chi connectivity index (χ2n) is 10.4.